The van der Waals surface area contributed by atoms with Gasteiger partial charge < -0.3 is 9.32 Å². The van der Waals surface area contributed by atoms with Crippen LogP contribution in [0.4, 0.5) is 0 Å². The molecular weight excluding hydrogens is 364 g/mol. The van der Waals surface area contributed by atoms with Crippen LogP contribution < -0.4 is 0 Å². The molecule has 1 amide bonds. The lowest BCUT2D eigenvalue weighted by Crippen LogP contribution is -2.50. The lowest BCUT2D eigenvalue weighted by molar-refractivity contribution is 0.0696. The van der Waals surface area contributed by atoms with Gasteiger partial charge in [-0.1, -0.05) is 6.07 Å². The van der Waals surface area contributed by atoms with Crippen LogP contribution in [-0.4, -0.2) is 49.7 Å². The Kier molecular flexibility index (Phi) is 4.82. The second-order valence-corrected chi connectivity index (χ2v) is 9.16. The molecule has 7 heteroatoms. The molecule has 0 spiro atoms. The zero-order chi connectivity index (χ0) is 19.0. The van der Waals surface area contributed by atoms with Gasteiger partial charge in [0, 0.05) is 26.2 Å². The Morgan fingerprint density at radius 3 is 2.37 bits per heavy atom. The molecule has 2 aromatic rings. The molecule has 0 saturated carbocycles. The van der Waals surface area contributed by atoms with Gasteiger partial charge in [0.1, 0.15) is 5.76 Å². The molecule has 2 heterocycles. The Labute approximate surface area is 159 Å². The topological polar surface area (TPSA) is 70.8 Å². The number of aryl methyl sites for hydroxylation is 3. The zero-order valence-electron chi connectivity index (χ0n) is 15.5. The standard InChI is InChI=1S/C20H24N2O4S/c1-15-19(8-13-26-15)20(23)21-9-11-22(12-10-21)27(24,25)18-7-6-16-4-2-3-5-17(16)14-18/h6-8,13-14H,2-5,9-12H2,1H3. The monoisotopic (exact) mass is 388 g/mol. The predicted molar refractivity (Wildman–Crippen MR) is 101 cm³/mol. The molecule has 1 aromatic heterocycles. The van der Waals surface area contributed by atoms with E-state index in [1.54, 1.807) is 24.0 Å². The number of hydrogen-bond donors (Lipinski definition) is 0. The summed E-state index contributed by atoms with van der Waals surface area (Å²) in [5.74, 6) is 0.483. The van der Waals surface area contributed by atoms with Gasteiger partial charge in [0.25, 0.3) is 5.91 Å². The van der Waals surface area contributed by atoms with Crippen molar-refractivity contribution in [1.29, 1.82) is 0 Å². The maximum absolute atomic E-state index is 13.0. The molecular formula is C20H24N2O4S. The van der Waals surface area contributed by atoms with Gasteiger partial charge in [0.2, 0.25) is 10.0 Å². The highest BCUT2D eigenvalue weighted by molar-refractivity contribution is 7.89. The lowest BCUT2D eigenvalue weighted by Gasteiger charge is -2.34. The Balaban J connectivity index is 1.47. The van der Waals surface area contributed by atoms with Crippen molar-refractivity contribution in [1.82, 2.24) is 9.21 Å². The zero-order valence-corrected chi connectivity index (χ0v) is 16.3. The molecule has 0 atom stereocenters. The van der Waals surface area contributed by atoms with E-state index < -0.39 is 10.0 Å². The van der Waals surface area contributed by atoms with Crippen LogP contribution in [0.3, 0.4) is 0 Å². The van der Waals surface area contributed by atoms with Crippen molar-refractivity contribution in [2.75, 3.05) is 26.2 Å². The van der Waals surface area contributed by atoms with Crippen LogP contribution in [0.1, 0.15) is 40.1 Å². The fourth-order valence-electron chi connectivity index (χ4n) is 3.93. The molecule has 0 N–H and O–H groups in total. The van der Waals surface area contributed by atoms with Crippen LogP contribution >= 0.6 is 0 Å². The number of piperazine rings is 1. The molecule has 1 saturated heterocycles. The summed E-state index contributed by atoms with van der Waals surface area (Å²) >= 11 is 0. The third-order valence-corrected chi connectivity index (χ3v) is 7.47. The van der Waals surface area contributed by atoms with E-state index in [4.69, 9.17) is 4.42 Å². The summed E-state index contributed by atoms with van der Waals surface area (Å²) in [7, 11) is -3.53. The predicted octanol–water partition coefficient (Wildman–Crippen LogP) is 2.61. The summed E-state index contributed by atoms with van der Waals surface area (Å²) < 4.78 is 32.8. The van der Waals surface area contributed by atoms with E-state index in [-0.39, 0.29) is 5.91 Å². The maximum Gasteiger partial charge on any atom is 0.257 e. The minimum absolute atomic E-state index is 0.105. The molecule has 1 aromatic carbocycles. The van der Waals surface area contributed by atoms with Crippen LogP contribution in [0.2, 0.25) is 0 Å². The van der Waals surface area contributed by atoms with E-state index in [0.29, 0.717) is 42.4 Å². The number of benzene rings is 1. The first-order valence-corrected chi connectivity index (χ1v) is 10.9. The summed E-state index contributed by atoms with van der Waals surface area (Å²) in [5.41, 5.74) is 2.97. The van der Waals surface area contributed by atoms with Gasteiger partial charge in [-0.05, 0) is 61.9 Å². The number of rotatable bonds is 3. The molecule has 1 aliphatic heterocycles. The number of amides is 1. The van der Waals surface area contributed by atoms with Gasteiger partial charge >= 0.3 is 0 Å². The van der Waals surface area contributed by atoms with Crippen molar-refractivity contribution < 1.29 is 17.6 Å². The average Bonchev–Trinajstić information content (AvgIpc) is 3.13. The summed E-state index contributed by atoms with van der Waals surface area (Å²) in [4.78, 5) is 14.6. The van der Waals surface area contributed by atoms with Crippen LogP contribution in [0.5, 0.6) is 0 Å². The molecule has 0 unspecified atom stereocenters. The highest BCUT2D eigenvalue weighted by Gasteiger charge is 2.31. The quantitative estimate of drug-likeness (QED) is 0.810. The maximum atomic E-state index is 13.0. The molecule has 27 heavy (non-hydrogen) atoms. The SMILES string of the molecule is Cc1occc1C(=O)N1CCN(S(=O)(=O)c2ccc3c(c2)CCCC3)CC1. The highest BCUT2D eigenvalue weighted by Crippen LogP contribution is 2.26. The average molecular weight is 388 g/mol. The molecule has 0 radical (unpaired) electrons. The van der Waals surface area contributed by atoms with E-state index in [2.05, 4.69) is 0 Å². The third-order valence-electron chi connectivity index (χ3n) is 5.57. The molecule has 0 bridgehead atoms. The van der Waals surface area contributed by atoms with Crippen molar-refractivity contribution in [2.24, 2.45) is 0 Å². The van der Waals surface area contributed by atoms with E-state index in [1.807, 2.05) is 12.1 Å². The van der Waals surface area contributed by atoms with Crippen LogP contribution in [-0.2, 0) is 22.9 Å². The fourth-order valence-corrected chi connectivity index (χ4v) is 5.40. The van der Waals surface area contributed by atoms with Gasteiger partial charge in [-0.2, -0.15) is 4.31 Å². The van der Waals surface area contributed by atoms with Gasteiger partial charge in [-0.3, -0.25) is 4.79 Å². The first-order chi connectivity index (χ1) is 13.0. The number of carbonyl (C=O) groups excluding carboxylic acids is 1. The van der Waals surface area contributed by atoms with E-state index in [9.17, 15) is 13.2 Å². The largest absolute Gasteiger partial charge is 0.469 e. The first-order valence-electron chi connectivity index (χ1n) is 9.42. The van der Waals surface area contributed by atoms with Gasteiger partial charge in [0.15, 0.2) is 0 Å². The second kappa shape index (κ2) is 7.13. The molecule has 4 rings (SSSR count). The molecule has 144 valence electrons. The number of furan rings is 1. The molecule has 1 aliphatic carbocycles. The first kappa shape index (κ1) is 18.3. The van der Waals surface area contributed by atoms with Crippen LogP contribution in [0.15, 0.2) is 39.8 Å². The smallest absolute Gasteiger partial charge is 0.257 e. The molecule has 2 aliphatic rings. The van der Waals surface area contributed by atoms with Crippen molar-refractivity contribution in [3.05, 3.63) is 53.0 Å². The summed E-state index contributed by atoms with van der Waals surface area (Å²) in [5, 5.41) is 0. The number of hydrogen-bond acceptors (Lipinski definition) is 4. The highest BCUT2D eigenvalue weighted by atomic mass is 32.2. The van der Waals surface area contributed by atoms with Crippen LogP contribution in [0, 0.1) is 6.92 Å². The Morgan fingerprint density at radius 2 is 1.70 bits per heavy atom. The minimum atomic E-state index is -3.53. The summed E-state index contributed by atoms with van der Waals surface area (Å²) in [6.45, 7) is 3.13. The van der Waals surface area contributed by atoms with Gasteiger partial charge in [-0.25, -0.2) is 8.42 Å². The normalized spacial score (nSPS) is 18.3. The van der Waals surface area contributed by atoms with Crippen molar-refractivity contribution in [3.8, 4) is 0 Å². The number of carbonyl (C=O) groups is 1. The van der Waals surface area contributed by atoms with E-state index in [1.165, 1.54) is 22.6 Å². The Bertz CT molecular complexity index is 956. The number of fused-ring (bicyclic) bond motifs is 1. The van der Waals surface area contributed by atoms with Crippen LogP contribution in [0.25, 0.3) is 0 Å². The molecule has 6 nitrogen and oxygen atoms in total. The minimum Gasteiger partial charge on any atom is -0.469 e. The summed E-state index contributed by atoms with van der Waals surface area (Å²) in [6, 6.07) is 7.19. The van der Waals surface area contributed by atoms with Gasteiger partial charge in [-0.15, -0.1) is 0 Å². The number of nitrogens with zero attached hydrogens (tertiary/aromatic N) is 2. The Hall–Kier alpha value is -2.12. The van der Waals surface area contributed by atoms with Crippen molar-refractivity contribution in [2.45, 2.75) is 37.5 Å². The van der Waals surface area contributed by atoms with E-state index in [0.717, 1.165) is 24.8 Å². The van der Waals surface area contributed by atoms with Gasteiger partial charge in [0.05, 0.1) is 16.7 Å². The number of sulfonamides is 1. The third kappa shape index (κ3) is 3.41. The second-order valence-electron chi connectivity index (χ2n) is 7.22. The summed E-state index contributed by atoms with van der Waals surface area (Å²) in [6.07, 6.45) is 5.77. The van der Waals surface area contributed by atoms with Crippen molar-refractivity contribution >= 4 is 15.9 Å². The fraction of sp³-hybridized carbons (Fsp3) is 0.450. The lowest BCUT2D eigenvalue weighted by atomic mass is 9.92. The van der Waals surface area contributed by atoms with E-state index >= 15 is 0 Å². The Morgan fingerprint density at radius 1 is 1.00 bits per heavy atom. The van der Waals surface area contributed by atoms with Crippen molar-refractivity contribution in [3.63, 3.8) is 0 Å². The molecule has 1 fully saturated rings.